The van der Waals surface area contributed by atoms with Crippen molar-refractivity contribution in [3.8, 4) is 5.75 Å². The second kappa shape index (κ2) is 15.0. The van der Waals surface area contributed by atoms with Crippen LogP contribution in [0.4, 0.5) is 0 Å². The number of hydrogen-bond acceptors (Lipinski definition) is 4. The third kappa shape index (κ3) is 9.05. The van der Waals surface area contributed by atoms with Crippen LogP contribution in [0.25, 0.3) is 10.9 Å². The molecule has 2 heterocycles. The van der Waals surface area contributed by atoms with E-state index in [2.05, 4.69) is 21.1 Å². The van der Waals surface area contributed by atoms with E-state index in [1.807, 2.05) is 55.6 Å². The van der Waals surface area contributed by atoms with Crippen molar-refractivity contribution < 1.29 is 18.8 Å². The number of carboxylic acid groups (broad SMARTS) is 1. The number of benzene rings is 2. The summed E-state index contributed by atoms with van der Waals surface area (Å²) in [5.41, 5.74) is 4.04. The Morgan fingerprint density at radius 1 is 1.15 bits per heavy atom. The largest absolute Gasteiger partial charge is 0.494 e. The van der Waals surface area contributed by atoms with E-state index < -0.39 is 23.0 Å². The van der Waals surface area contributed by atoms with E-state index in [9.17, 15) is 14.1 Å². The lowest BCUT2D eigenvalue weighted by atomic mass is 9.93. The van der Waals surface area contributed by atoms with E-state index in [1.54, 1.807) is 5.41 Å². The fraction of sp³-hybridized carbons (Fsp3) is 0.452. The Bertz CT molecular complexity index is 1250. The molecule has 1 fully saturated rings. The Morgan fingerprint density at radius 3 is 2.67 bits per heavy atom. The highest BCUT2D eigenvalue weighted by molar-refractivity contribution is 7.86. The standard InChI is InChI=1S/C31H41N3O4S/c1-2-23(19-26-21-33-29-9-4-3-8-28(26)29)22-39(37)34-30(31(35)36)20-25-10-12-27(13-11-25)38-18-6-5-7-24-14-16-32-17-15-24/h3-4,8-13,21-22,24,30,32-34H,2,5-7,14-20H2,1H3,(H,35,36)/b23-22+. The van der Waals surface area contributed by atoms with Gasteiger partial charge in [0.15, 0.2) is 0 Å². The van der Waals surface area contributed by atoms with Gasteiger partial charge in [-0.2, -0.15) is 0 Å². The number of aromatic nitrogens is 1. The van der Waals surface area contributed by atoms with Crippen molar-refractivity contribution in [2.75, 3.05) is 19.7 Å². The predicted octanol–water partition coefficient (Wildman–Crippen LogP) is 5.50. The summed E-state index contributed by atoms with van der Waals surface area (Å²) in [5, 5.41) is 16.0. The lowest BCUT2D eigenvalue weighted by Gasteiger charge is -2.22. The summed E-state index contributed by atoms with van der Waals surface area (Å²) in [5.74, 6) is 0.608. The Balaban J connectivity index is 1.25. The number of aliphatic carboxylic acids is 1. The van der Waals surface area contributed by atoms with Crippen molar-refractivity contribution in [2.45, 2.75) is 64.3 Å². The number of H-pyrrole nitrogens is 1. The van der Waals surface area contributed by atoms with Gasteiger partial charge in [-0.15, -0.1) is 0 Å². The fourth-order valence-corrected chi connectivity index (χ4v) is 6.22. The maximum Gasteiger partial charge on any atom is 0.321 e. The van der Waals surface area contributed by atoms with E-state index >= 15 is 0 Å². The van der Waals surface area contributed by atoms with Gasteiger partial charge in [-0.25, -0.2) is 8.93 Å². The molecule has 0 amide bonds. The number of nitrogens with one attached hydrogen (secondary N) is 3. The van der Waals surface area contributed by atoms with Gasteiger partial charge in [0.2, 0.25) is 0 Å². The van der Waals surface area contributed by atoms with Crippen molar-refractivity contribution in [2.24, 2.45) is 5.92 Å². The maximum atomic E-state index is 12.9. The van der Waals surface area contributed by atoms with Crippen molar-refractivity contribution in [1.82, 2.24) is 15.0 Å². The highest BCUT2D eigenvalue weighted by atomic mass is 32.2. The van der Waals surface area contributed by atoms with Crippen LogP contribution in [0.15, 0.2) is 65.7 Å². The van der Waals surface area contributed by atoms with Gasteiger partial charge in [0.25, 0.3) is 0 Å². The molecule has 1 aliphatic rings. The molecule has 4 N–H and O–H groups in total. The third-order valence-electron chi connectivity index (χ3n) is 7.47. The molecule has 0 spiro atoms. The van der Waals surface area contributed by atoms with E-state index in [4.69, 9.17) is 4.74 Å². The molecule has 8 heteroatoms. The van der Waals surface area contributed by atoms with Gasteiger partial charge in [-0.05, 0) is 93.3 Å². The molecule has 0 saturated carbocycles. The van der Waals surface area contributed by atoms with E-state index in [1.165, 1.54) is 25.7 Å². The summed E-state index contributed by atoms with van der Waals surface area (Å²) in [6, 6.07) is 14.7. The van der Waals surface area contributed by atoms with Crippen LogP contribution in [0, 0.1) is 5.92 Å². The van der Waals surface area contributed by atoms with Crippen LogP contribution >= 0.6 is 0 Å². The van der Waals surface area contributed by atoms with E-state index in [-0.39, 0.29) is 6.42 Å². The second-order valence-corrected chi connectivity index (χ2v) is 11.4. The zero-order valence-electron chi connectivity index (χ0n) is 22.8. The zero-order valence-corrected chi connectivity index (χ0v) is 23.6. The molecule has 2 aromatic carbocycles. The number of rotatable bonds is 15. The van der Waals surface area contributed by atoms with Gasteiger partial charge in [0, 0.05) is 22.5 Å². The molecule has 7 nitrogen and oxygen atoms in total. The molecule has 1 saturated heterocycles. The Morgan fingerprint density at radius 2 is 1.92 bits per heavy atom. The minimum atomic E-state index is -1.61. The molecule has 0 bridgehead atoms. The highest BCUT2D eigenvalue weighted by Crippen LogP contribution is 2.22. The SMILES string of the molecule is CC/C(=C\S(=O)NC(Cc1ccc(OCCCCC2CCNCC2)cc1)C(=O)O)Cc1c[nH]c2ccccc12. The highest BCUT2D eigenvalue weighted by Gasteiger charge is 2.20. The molecular weight excluding hydrogens is 510 g/mol. The van der Waals surface area contributed by atoms with Gasteiger partial charge in [0.1, 0.15) is 22.8 Å². The van der Waals surface area contributed by atoms with Crippen LogP contribution in [-0.4, -0.2) is 46.0 Å². The van der Waals surface area contributed by atoms with Crippen LogP contribution in [0.1, 0.15) is 56.6 Å². The summed E-state index contributed by atoms with van der Waals surface area (Å²) in [6.45, 7) is 4.99. The molecule has 1 aliphatic heterocycles. The number of unbranched alkanes of at least 4 members (excludes halogenated alkanes) is 1. The smallest absolute Gasteiger partial charge is 0.321 e. The van der Waals surface area contributed by atoms with Crippen LogP contribution in [0.2, 0.25) is 0 Å². The second-order valence-electron chi connectivity index (χ2n) is 10.4. The zero-order chi connectivity index (χ0) is 27.5. The van der Waals surface area contributed by atoms with Gasteiger partial charge < -0.3 is 20.1 Å². The lowest BCUT2D eigenvalue weighted by molar-refractivity contribution is -0.138. The van der Waals surface area contributed by atoms with Crippen LogP contribution < -0.4 is 14.8 Å². The minimum Gasteiger partial charge on any atom is -0.494 e. The predicted molar refractivity (Wildman–Crippen MR) is 158 cm³/mol. The van der Waals surface area contributed by atoms with E-state index in [0.717, 1.165) is 65.2 Å². The van der Waals surface area contributed by atoms with Crippen LogP contribution in [0.5, 0.6) is 5.75 Å². The lowest BCUT2D eigenvalue weighted by Crippen LogP contribution is -2.39. The average Bonchev–Trinajstić information content (AvgIpc) is 3.36. The number of hydrogen-bond donors (Lipinski definition) is 4. The normalized spacial score (nSPS) is 16.3. The number of allylic oxidation sites excluding steroid dienone is 1. The molecular formula is C31H41N3O4S. The van der Waals surface area contributed by atoms with Crippen LogP contribution in [0.3, 0.4) is 0 Å². The van der Waals surface area contributed by atoms with Gasteiger partial charge in [-0.3, -0.25) is 4.79 Å². The average molecular weight is 552 g/mol. The van der Waals surface area contributed by atoms with Crippen LogP contribution in [-0.2, 0) is 28.6 Å². The van der Waals surface area contributed by atoms with Gasteiger partial charge in [-0.1, -0.05) is 49.2 Å². The molecule has 4 rings (SSSR count). The quantitative estimate of drug-likeness (QED) is 0.187. The molecule has 3 aromatic rings. The molecule has 39 heavy (non-hydrogen) atoms. The van der Waals surface area contributed by atoms with E-state index in [0.29, 0.717) is 13.0 Å². The summed E-state index contributed by atoms with van der Waals surface area (Å²) in [7, 11) is -1.61. The topological polar surface area (TPSA) is 103 Å². The number of piperidine rings is 1. The summed E-state index contributed by atoms with van der Waals surface area (Å²) in [6.07, 6.45) is 9.65. The Kier molecular flexibility index (Phi) is 11.2. The Labute approximate surface area is 234 Å². The number of para-hydroxylation sites is 1. The number of carboxylic acids is 1. The number of ether oxygens (including phenoxy) is 1. The summed E-state index contributed by atoms with van der Waals surface area (Å²) < 4.78 is 21.5. The van der Waals surface area contributed by atoms with Crippen molar-refractivity contribution in [3.63, 3.8) is 0 Å². The van der Waals surface area contributed by atoms with Crippen molar-refractivity contribution in [3.05, 3.63) is 76.8 Å². The van der Waals surface area contributed by atoms with Gasteiger partial charge in [0.05, 0.1) is 6.61 Å². The minimum absolute atomic E-state index is 0.231. The molecule has 0 radical (unpaired) electrons. The first-order valence-electron chi connectivity index (χ1n) is 14.1. The third-order valence-corrected chi connectivity index (χ3v) is 8.54. The maximum absolute atomic E-state index is 12.9. The Hall–Kier alpha value is -2.94. The van der Waals surface area contributed by atoms with Crippen molar-refractivity contribution >= 4 is 27.9 Å². The number of aromatic amines is 1. The number of fused-ring (bicyclic) bond motifs is 1. The summed E-state index contributed by atoms with van der Waals surface area (Å²) in [4.78, 5) is 15.2. The fourth-order valence-electron chi connectivity index (χ4n) is 5.13. The summed E-state index contributed by atoms with van der Waals surface area (Å²) >= 11 is 0. The molecule has 1 aromatic heterocycles. The first-order valence-corrected chi connectivity index (χ1v) is 15.3. The first kappa shape index (κ1) is 29.1. The molecule has 0 aliphatic carbocycles. The first-order chi connectivity index (χ1) is 19.0. The monoisotopic (exact) mass is 551 g/mol. The molecule has 2 atom stereocenters. The molecule has 210 valence electrons. The van der Waals surface area contributed by atoms with Crippen molar-refractivity contribution in [1.29, 1.82) is 0 Å². The molecule has 2 unspecified atom stereocenters. The van der Waals surface area contributed by atoms with Gasteiger partial charge >= 0.3 is 5.97 Å². The number of carbonyl (C=O) groups is 1.